The van der Waals surface area contributed by atoms with Gasteiger partial charge < -0.3 is 9.84 Å². The molecule has 1 saturated heterocycles. The third-order valence-electron chi connectivity index (χ3n) is 3.92. The van der Waals surface area contributed by atoms with Crippen molar-refractivity contribution in [2.75, 3.05) is 12.8 Å². The Bertz CT molecular complexity index is 388. The largest absolute Gasteiger partial charge is 0.339 e. The van der Waals surface area contributed by atoms with Gasteiger partial charge in [0.15, 0.2) is 5.82 Å². The molecule has 5 heteroatoms. The molecule has 0 amide bonds. The Kier molecular flexibility index (Phi) is 5.28. The smallest absolute Gasteiger partial charge is 0.231 e. The van der Waals surface area contributed by atoms with Crippen LogP contribution in [-0.2, 0) is 0 Å². The lowest BCUT2D eigenvalue weighted by molar-refractivity contribution is 0.284. The highest BCUT2D eigenvalue weighted by Crippen LogP contribution is 2.37. The normalized spacial score (nSPS) is 23.5. The molecule has 1 aliphatic rings. The number of aromatic nitrogens is 2. The molecule has 1 fully saturated rings. The van der Waals surface area contributed by atoms with Crippen LogP contribution in [0.1, 0.15) is 62.9 Å². The number of hydrogen-bond donors (Lipinski definition) is 1. The predicted molar refractivity (Wildman–Crippen MR) is 79.4 cm³/mol. The number of nitrogens with one attached hydrogen (secondary N) is 1. The van der Waals surface area contributed by atoms with Crippen LogP contribution < -0.4 is 5.32 Å². The Hall–Kier alpha value is -0.550. The van der Waals surface area contributed by atoms with E-state index in [1.807, 2.05) is 18.8 Å². The maximum atomic E-state index is 5.55. The van der Waals surface area contributed by atoms with Crippen molar-refractivity contribution in [3.8, 4) is 0 Å². The highest BCUT2D eigenvalue weighted by molar-refractivity contribution is 7.99. The van der Waals surface area contributed by atoms with Crippen molar-refractivity contribution in [3.05, 3.63) is 11.7 Å². The molecule has 0 saturated carbocycles. The van der Waals surface area contributed by atoms with E-state index in [0.29, 0.717) is 17.2 Å². The molecule has 19 heavy (non-hydrogen) atoms. The molecule has 108 valence electrons. The molecule has 3 unspecified atom stereocenters. The first-order valence-electron chi connectivity index (χ1n) is 7.25. The molecule has 0 bridgehead atoms. The van der Waals surface area contributed by atoms with Gasteiger partial charge in [-0.05, 0) is 38.5 Å². The van der Waals surface area contributed by atoms with Crippen LogP contribution in [0.15, 0.2) is 4.52 Å². The average Bonchev–Trinajstić information content (AvgIpc) is 2.88. The van der Waals surface area contributed by atoms with Gasteiger partial charge in [-0.15, -0.1) is 0 Å². The van der Waals surface area contributed by atoms with E-state index < -0.39 is 0 Å². The van der Waals surface area contributed by atoms with Gasteiger partial charge in [-0.1, -0.05) is 25.4 Å². The summed E-state index contributed by atoms with van der Waals surface area (Å²) >= 11 is 1.96. The van der Waals surface area contributed by atoms with E-state index >= 15 is 0 Å². The van der Waals surface area contributed by atoms with Gasteiger partial charge >= 0.3 is 0 Å². The summed E-state index contributed by atoms with van der Waals surface area (Å²) in [7, 11) is 1.98. The first-order chi connectivity index (χ1) is 9.13. The van der Waals surface area contributed by atoms with Crippen LogP contribution in [0.3, 0.4) is 0 Å². The van der Waals surface area contributed by atoms with Crippen molar-refractivity contribution >= 4 is 11.8 Å². The van der Waals surface area contributed by atoms with Crippen LogP contribution in [-0.4, -0.2) is 29.0 Å². The minimum absolute atomic E-state index is 0.278. The zero-order chi connectivity index (χ0) is 13.8. The fourth-order valence-electron chi connectivity index (χ4n) is 2.71. The lowest BCUT2D eigenvalue weighted by Crippen LogP contribution is -2.32. The van der Waals surface area contributed by atoms with Crippen molar-refractivity contribution in [1.82, 2.24) is 15.5 Å². The van der Waals surface area contributed by atoms with Crippen molar-refractivity contribution in [1.29, 1.82) is 0 Å². The zero-order valence-corrected chi connectivity index (χ0v) is 13.2. The summed E-state index contributed by atoms with van der Waals surface area (Å²) in [5.74, 6) is 3.66. The molecular weight excluding hydrogens is 258 g/mol. The summed E-state index contributed by atoms with van der Waals surface area (Å²) in [5, 5.41) is 7.96. The standard InChI is InChI=1S/C14H25N3OS/c1-9(2)12(10(3)15-4)14-16-13(17-18-14)11-7-5-6-8-19-11/h9-12,15H,5-8H2,1-4H3. The molecule has 0 aliphatic carbocycles. The molecule has 0 radical (unpaired) electrons. The second-order valence-electron chi connectivity index (χ2n) is 5.69. The summed E-state index contributed by atoms with van der Waals surface area (Å²) in [5.41, 5.74) is 0. The van der Waals surface area contributed by atoms with Crippen molar-refractivity contribution in [2.24, 2.45) is 5.92 Å². The number of hydrogen-bond acceptors (Lipinski definition) is 5. The van der Waals surface area contributed by atoms with Gasteiger partial charge in [0.1, 0.15) is 0 Å². The molecule has 1 aromatic heterocycles. The molecule has 1 N–H and O–H groups in total. The summed E-state index contributed by atoms with van der Waals surface area (Å²) in [6.07, 6.45) is 3.77. The van der Waals surface area contributed by atoms with Crippen LogP contribution in [0.4, 0.5) is 0 Å². The average molecular weight is 283 g/mol. The maximum Gasteiger partial charge on any atom is 0.231 e. The molecule has 3 atom stereocenters. The third kappa shape index (κ3) is 3.51. The Morgan fingerprint density at radius 2 is 2.11 bits per heavy atom. The highest BCUT2D eigenvalue weighted by Gasteiger charge is 2.29. The molecule has 2 heterocycles. The van der Waals surface area contributed by atoms with Crippen LogP contribution in [0.2, 0.25) is 0 Å². The highest BCUT2D eigenvalue weighted by atomic mass is 32.2. The molecule has 0 aromatic carbocycles. The maximum absolute atomic E-state index is 5.55. The SMILES string of the molecule is CNC(C)C(c1nc(C2CCCCS2)no1)C(C)C. The molecule has 1 aromatic rings. The Morgan fingerprint density at radius 1 is 1.32 bits per heavy atom. The quantitative estimate of drug-likeness (QED) is 0.898. The van der Waals surface area contributed by atoms with Crippen molar-refractivity contribution in [2.45, 2.75) is 57.2 Å². The minimum atomic E-state index is 0.278. The zero-order valence-electron chi connectivity index (χ0n) is 12.3. The predicted octanol–water partition coefficient (Wildman–Crippen LogP) is 3.38. The van der Waals surface area contributed by atoms with Crippen LogP contribution in [0.25, 0.3) is 0 Å². The lowest BCUT2D eigenvalue weighted by Gasteiger charge is -2.23. The van der Waals surface area contributed by atoms with E-state index in [0.717, 1.165) is 11.7 Å². The Labute approximate surface area is 120 Å². The Balaban J connectivity index is 2.13. The van der Waals surface area contributed by atoms with Gasteiger partial charge in [0, 0.05) is 6.04 Å². The van der Waals surface area contributed by atoms with Gasteiger partial charge in [0.25, 0.3) is 0 Å². The van der Waals surface area contributed by atoms with Crippen molar-refractivity contribution in [3.63, 3.8) is 0 Å². The van der Waals surface area contributed by atoms with Gasteiger partial charge in [-0.2, -0.15) is 16.7 Å². The van der Waals surface area contributed by atoms with Gasteiger partial charge in [0.2, 0.25) is 5.89 Å². The third-order valence-corrected chi connectivity index (χ3v) is 5.30. The number of likely N-dealkylation sites (N-methyl/N-ethyl adjacent to an activating group) is 1. The van der Waals surface area contributed by atoms with Crippen molar-refractivity contribution < 1.29 is 4.52 Å². The second kappa shape index (κ2) is 6.75. The summed E-state index contributed by atoms with van der Waals surface area (Å²) < 4.78 is 5.55. The topological polar surface area (TPSA) is 51.0 Å². The van der Waals surface area contributed by atoms with Gasteiger partial charge in [-0.3, -0.25) is 0 Å². The number of nitrogens with zero attached hydrogens (tertiary/aromatic N) is 2. The molecular formula is C14H25N3OS. The van der Waals surface area contributed by atoms with E-state index in [-0.39, 0.29) is 5.92 Å². The summed E-state index contributed by atoms with van der Waals surface area (Å²) in [6, 6.07) is 0.340. The Morgan fingerprint density at radius 3 is 2.68 bits per heavy atom. The molecule has 1 aliphatic heterocycles. The fraction of sp³-hybridized carbons (Fsp3) is 0.857. The summed E-state index contributed by atoms with van der Waals surface area (Å²) in [4.78, 5) is 4.69. The number of thioether (sulfide) groups is 1. The van der Waals surface area contributed by atoms with Crippen LogP contribution in [0, 0.1) is 5.92 Å². The van der Waals surface area contributed by atoms with E-state index in [4.69, 9.17) is 4.52 Å². The lowest BCUT2D eigenvalue weighted by atomic mass is 9.89. The monoisotopic (exact) mass is 283 g/mol. The first-order valence-corrected chi connectivity index (χ1v) is 8.30. The molecule has 2 rings (SSSR count). The van der Waals surface area contributed by atoms with E-state index in [1.54, 1.807) is 0 Å². The first kappa shape index (κ1) is 14.9. The van der Waals surface area contributed by atoms with E-state index in [9.17, 15) is 0 Å². The summed E-state index contributed by atoms with van der Waals surface area (Å²) in [6.45, 7) is 6.58. The fourth-order valence-corrected chi connectivity index (χ4v) is 3.95. The van der Waals surface area contributed by atoms with Gasteiger partial charge in [0.05, 0.1) is 11.2 Å². The molecule has 4 nitrogen and oxygen atoms in total. The van der Waals surface area contributed by atoms with Crippen LogP contribution in [0.5, 0.6) is 0 Å². The van der Waals surface area contributed by atoms with Crippen LogP contribution >= 0.6 is 11.8 Å². The number of rotatable bonds is 5. The van der Waals surface area contributed by atoms with E-state index in [2.05, 4.69) is 36.2 Å². The van der Waals surface area contributed by atoms with E-state index in [1.165, 1.54) is 25.0 Å². The second-order valence-corrected chi connectivity index (χ2v) is 7.00. The minimum Gasteiger partial charge on any atom is -0.339 e. The molecule has 0 spiro atoms. The van der Waals surface area contributed by atoms with Gasteiger partial charge in [-0.25, -0.2) is 0 Å².